The lowest BCUT2D eigenvalue weighted by Crippen LogP contribution is -2.36. The van der Waals surface area contributed by atoms with E-state index >= 15 is 0 Å². The highest BCUT2D eigenvalue weighted by atomic mass is 19.4. The number of carbonyl (C=O) groups excluding carboxylic acids is 1. The van der Waals surface area contributed by atoms with Crippen LogP contribution in [0, 0.1) is 36.5 Å². The molecule has 4 atom stereocenters. The van der Waals surface area contributed by atoms with Gasteiger partial charge in [0.2, 0.25) is 0 Å². The van der Waals surface area contributed by atoms with Gasteiger partial charge in [-0.3, -0.25) is 9.69 Å². The first-order valence-electron chi connectivity index (χ1n) is 15.7. The molecule has 6 rings (SSSR count). The molecule has 4 heterocycles. The molecular weight excluding hydrogens is 664 g/mol. The molecule has 2 aromatic carbocycles. The van der Waals surface area contributed by atoms with Crippen LogP contribution in [-0.4, -0.2) is 67.1 Å². The molecule has 2 aliphatic heterocycles. The number of benzene rings is 2. The van der Waals surface area contributed by atoms with Gasteiger partial charge in [0.15, 0.2) is 11.9 Å². The minimum absolute atomic E-state index is 0.0162. The Morgan fingerprint density at radius 3 is 1.90 bits per heavy atom. The van der Waals surface area contributed by atoms with Gasteiger partial charge < -0.3 is 19.3 Å². The van der Waals surface area contributed by atoms with Gasteiger partial charge in [-0.25, -0.2) is 0 Å². The SMILES string of the molecule is Cc1c(C(=O)CN2C3CCC2[C@@H](O)C3)cc(CC(F)(F)F)n1-c1ccc(C#N)cc1.Cc1ccc(C(O)C(F)(F)F)n1-c1ccc(C#N)cc1. The third kappa shape index (κ3) is 7.63. The zero-order valence-electron chi connectivity index (χ0n) is 27.0. The van der Waals surface area contributed by atoms with Crippen molar-refractivity contribution < 1.29 is 41.4 Å². The Morgan fingerprint density at radius 1 is 0.880 bits per heavy atom. The average Bonchev–Trinajstić information content (AvgIpc) is 3.80. The summed E-state index contributed by atoms with van der Waals surface area (Å²) in [5, 5.41) is 37.2. The molecule has 0 spiro atoms. The first-order valence-corrected chi connectivity index (χ1v) is 15.7. The molecule has 2 saturated heterocycles. The average molecular weight is 698 g/mol. The molecule has 0 aliphatic carbocycles. The van der Waals surface area contributed by atoms with E-state index in [9.17, 15) is 41.4 Å². The van der Waals surface area contributed by atoms with Crippen molar-refractivity contribution in [3.8, 4) is 23.5 Å². The standard InChI is InChI=1S/C22H22F3N3O2.C14H11F3N2O/c1-13-18(21(30)12-27-16-6-7-19(27)20(29)9-16)8-17(10-22(23,24)25)28(13)15-4-2-14(11-26)3-5-15;1-9-2-7-12(13(20)14(15,16)17)19(9)11-5-3-10(8-18)4-6-11/h2-5,8,16,19-20,29H,6-7,9-10,12H2,1H3;2-7,13,20H,1H3/t16?,19?,20-;/m0./s1. The number of hydrogen-bond donors (Lipinski definition) is 2. The van der Waals surface area contributed by atoms with Crippen LogP contribution in [0.1, 0.15) is 69.6 Å². The Balaban J connectivity index is 0.000000211. The van der Waals surface area contributed by atoms with Crippen molar-refractivity contribution in [2.75, 3.05) is 6.54 Å². The highest BCUT2D eigenvalue weighted by molar-refractivity contribution is 5.99. The normalized spacial score (nSPS) is 19.4. The second kappa shape index (κ2) is 14.2. The Kier molecular flexibility index (Phi) is 10.3. The summed E-state index contributed by atoms with van der Waals surface area (Å²) in [4.78, 5) is 15.0. The Morgan fingerprint density at radius 2 is 1.44 bits per heavy atom. The van der Waals surface area contributed by atoms with Gasteiger partial charge in [-0.2, -0.15) is 36.9 Å². The Hall–Kier alpha value is -4.89. The van der Waals surface area contributed by atoms with E-state index in [1.807, 2.05) is 17.0 Å². The molecule has 2 aliphatic rings. The van der Waals surface area contributed by atoms with Crippen LogP contribution in [0.3, 0.4) is 0 Å². The van der Waals surface area contributed by atoms with Crippen molar-refractivity contribution in [3.63, 3.8) is 0 Å². The number of nitriles is 2. The topological polar surface area (TPSA) is 118 Å². The van der Waals surface area contributed by atoms with Crippen molar-refractivity contribution in [1.82, 2.24) is 14.0 Å². The smallest absolute Gasteiger partial charge is 0.391 e. The van der Waals surface area contributed by atoms with Crippen LogP contribution in [0.15, 0.2) is 66.7 Å². The van der Waals surface area contributed by atoms with Crippen molar-refractivity contribution in [2.45, 2.75) is 76.2 Å². The van der Waals surface area contributed by atoms with E-state index in [-0.39, 0.29) is 41.4 Å². The quantitative estimate of drug-likeness (QED) is 0.162. The number of alkyl halides is 6. The number of aryl methyl sites for hydroxylation is 1. The maximum absolute atomic E-state index is 13.2. The van der Waals surface area contributed by atoms with E-state index in [1.54, 1.807) is 26.0 Å². The van der Waals surface area contributed by atoms with E-state index in [1.165, 1.54) is 63.7 Å². The zero-order chi connectivity index (χ0) is 36.5. The maximum Gasteiger partial charge on any atom is 0.420 e. The minimum atomic E-state index is -4.73. The van der Waals surface area contributed by atoms with E-state index in [2.05, 4.69) is 0 Å². The molecule has 2 aromatic heterocycles. The number of Topliss-reactive ketones (excluding diaryl/α,β-unsaturated/α-hetero) is 1. The minimum Gasteiger partial charge on any atom is -0.391 e. The zero-order valence-corrected chi connectivity index (χ0v) is 27.0. The predicted molar refractivity (Wildman–Crippen MR) is 170 cm³/mol. The molecule has 14 heteroatoms. The number of halogens is 6. The van der Waals surface area contributed by atoms with Gasteiger partial charge in [-0.05, 0) is 99.8 Å². The van der Waals surface area contributed by atoms with E-state index in [0.29, 0.717) is 40.3 Å². The molecule has 0 radical (unpaired) electrons. The van der Waals surface area contributed by atoms with Crippen LogP contribution >= 0.6 is 0 Å². The van der Waals surface area contributed by atoms with Crippen LogP contribution in [0.4, 0.5) is 26.3 Å². The molecule has 0 saturated carbocycles. The number of ketones is 1. The van der Waals surface area contributed by atoms with Crippen molar-refractivity contribution in [1.29, 1.82) is 10.5 Å². The van der Waals surface area contributed by atoms with Gasteiger partial charge in [0.25, 0.3) is 0 Å². The van der Waals surface area contributed by atoms with Gasteiger partial charge in [-0.1, -0.05) is 0 Å². The van der Waals surface area contributed by atoms with Crippen LogP contribution in [0.5, 0.6) is 0 Å². The summed E-state index contributed by atoms with van der Waals surface area (Å²) >= 11 is 0. The number of carbonyl (C=O) groups is 1. The van der Waals surface area contributed by atoms with Crippen LogP contribution in [0.25, 0.3) is 11.4 Å². The van der Waals surface area contributed by atoms with Crippen LogP contribution < -0.4 is 0 Å². The monoisotopic (exact) mass is 697 g/mol. The van der Waals surface area contributed by atoms with Gasteiger partial charge >= 0.3 is 12.4 Å². The molecule has 2 fully saturated rings. The molecule has 0 amide bonds. The second-order valence-corrected chi connectivity index (χ2v) is 12.5. The number of nitrogens with zero attached hydrogens (tertiary/aromatic N) is 5. The third-order valence-corrected chi connectivity index (χ3v) is 9.19. The number of aliphatic hydroxyl groups is 2. The Bertz CT molecular complexity index is 1930. The number of hydrogen-bond acceptors (Lipinski definition) is 6. The summed E-state index contributed by atoms with van der Waals surface area (Å²) in [6.07, 6.45) is -10.9. The summed E-state index contributed by atoms with van der Waals surface area (Å²) in [5.41, 5.74) is 2.75. The fourth-order valence-corrected chi connectivity index (χ4v) is 6.88. The summed E-state index contributed by atoms with van der Waals surface area (Å²) in [6, 6.07) is 20.4. The molecule has 8 nitrogen and oxygen atoms in total. The number of aliphatic hydroxyl groups excluding tert-OH is 2. The fraction of sp³-hybridized carbons (Fsp3) is 0.361. The molecule has 2 bridgehead atoms. The molecule has 2 N–H and O–H groups in total. The van der Waals surface area contributed by atoms with E-state index in [0.717, 1.165) is 12.8 Å². The highest BCUT2D eigenvalue weighted by Crippen LogP contribution is 2.38. The summed E-state index contributed by atoms with van der Waals surface area (Å²) in [5.74, 6) is -0.241. The third-order valence-electron chi connectivity index (χ3n) is 9.19. The molecule has 4 aromatic rings. The molecule has 3 unspecified atom stereocenters. The Labute approximate surface area is 284 Å². The number of aromatic nitrogens is 2. The van der Waals surface area contributed by atoms with Gasteiger partial charge in [0.1, 0.15) is 0 Å². The largest absolute Gasteiger partial charge is 0.420 e. The summed E-state index contributed by atoms with van der Waals surface area (Å²) < 4.78 is 80.3. The van der Waals surface area contributed by atoms with Crippen molar-refractivity contribution >= 4 is 5.78 Å². The van der Waals surface area contributed by atoms with Gasteiger partial charge in [-0.15, -0.1) is 0 Å². The first-order chi connectivity index (χ1) is 23.5. The lowest BCUT2D eigenvalue weighted by molar-refractivity contribution is -0.208. The first kappa shape index (κ1) is 36.4. The highest BCUT2D eigenvalue weighted by Gasteiger charge is 2.46. The van der Waals surface area contributed by atoms with Crippen molar-refractivity contribution in [2.24, 2.45) is 0 Å². The van der Waals surface area contributed by atoms with Crippen molar-refractivity contribution in [3.05, 3.63) is 106 Å². The van der Waals surface area contributed by atoms with Crippen LogP contribution in [-0.2, 0) is 6.42 Å². The lowest BCUT2D eigenvalue weighted by Gasteiger charge is -2.21. The predicted octanol–water partition coefficient (Wildman–Crippen LogP) is 6.80. The number of rotatable bonds is 7. The molecule has 50 heavy (non-hydrogen) atoms. The lowest BCUT2D eigenvalue weighted by atomic mass is 9.98. The summed E-state index contributed by atoms with van der Waals surface area (Å²) in [7, 11) is 0. The summed E-state index contributed by atoms with van der Waals surface area (Å²) in [6.45, 7) is 3.37. The second-order valence-electron chi connectivity index (χ2n) is 12.5. The fourth-order valence-electron chi connectivity index (χ4n) is 6.88. The van der Waals surface area contributed by atoms with Gasteiger partial charge in [0, 0.05) is 46.1 Å². The van der Waals surface area contributed by atoms with E-state index in [4.69, 9.17) is 10.5 Å². The maximum atomic E-state index is 13.2. The number of fused-ring (bicyclic) bond motifs is 2. The van der Waals surface area contributed by atoms with Gasteiger partial charge in [0.05, 0.1) is 48.0 Å². The molecule has 262 valence electrons. The van der Waals surface area contributed by atoms with Crippen LogP contribution in [0.2, 0.25) is 0 Å². The molecular formula is C36H33F6N5O3. The van der Waals surface area contributed by atoms with E-state index < -0.39 is 31.0 Å².